The van der Waals surface area contributed by atoms with E-state index in [1.165, 1.54) is 6.92 Å². The largest absolute Gasteiger partial charge is 0.382 e. The Morgan fingerprint density at radius 2 is 1.70 bits per heavy atom. The van der Waals surface area contributed by atoms with Gasteiger partial charge in [0.15, 0.2) is 0 Å². The van der Waals surface area contributed by atoms with Crippen molar-refractivity contribution in [1.82, 2.24) is 4.98 Å². The van der Waals surface area contributed by atoms with Gasteiger partial charge in [-0.1, -0.05) is 6.07 Å². The van der Waals surface area contributed by atoms with E-state index in [4.69, 9.17) is 0 Å². The quantitative estimate of drug-likeness (QED) is 0.792. The highest BCUT2D eigenvalue weighted by Gasteiger charge is 2.08. The maximum Gasteiger partial charge on any atom is 0.274 e. The van der Waals surface area contributed by atoms with Gasteiger partial charge in [-0.25, -0.2) is 4.98 Å². The summed E-state index contributed by atoms with van der Waals surface area (Å²) in [5.74, 6) is -0.468. The lowest BCUT2D eigenvalue weighted by Gasteiger charge is -2.10. The van der Waals surface area contributed by atoms with Gasteiger partial charge in [-0.2, -0.15) is 0 Å². The Morgan fingerprint density at radius 3 is 2.26 bits per heavy atom. The highest BCUT2D eigenvalue weighted by atomic mass is 16.2. The number of amides is 2. The fourth-order valence-electron chi connectivity index (χ4n) is 2.02. The predicted molar refractivity (Wildman–Crippen MR) is 91.7 cm³/mol. The van der Waals surface area contributed by atoms with Gasteiger partial charge in [-0.05, 0) is 44.2 Å². The van der Waals surface area contributed by atoms with Crippen LogP contribution in [0, 0.1) is 0 Å². The standard InChI is InChI=1S/C17H20N4O2/c1-11(2)19-15-7-8-16(18-10-15)17(23)21-14-6-4-5-13(9-14)20-12(3)22/h4-11,19H,1-3H3,(H,20,22)(H,21,23). The molecule has 0 aliphatic heterocycles. The predicted octanol–water partition coefficient (Wildman–Crippen LogP) is 3.11. The van der Waals surface area contributed by atoms with E-state index in [9.17, 15) is 9.59 Å². The van der Waals surface area contributed by atoms with Crippen LogP contribution in [0.3, 0.4) is 0 Å². The van der Waals surface area contributed by atoms with Crippen LogP contribution in [0.15, 0.2) is 42.6 Å². The van der Waals surface area contributed by atoms with E-state index in [1.807, 2.05) is 19.9 Å². The molecule has 3 N–H and O–H groups in total. The number of nitrogens with zero attached hydrogens (tertiary/aromatic N) is 1. The van der Waals surface area contributed by atoms with E-state index in [1.54, 1.807) is 36.5 Å². The van der Waals surface area contributed by atoms with Gasteiger partial charge in [0, 0.05) is 24.3 Å². The number of rotatable bonds is 5. The summed E-state index contributed by atoms with van der Waals surface area (Å²) < 4.78 is 0. The number of carbonyl (C=O) groups is 2. The molecule has 0 bridgehead atoms. The number of pyridine rings is 1. The van der Waals surface area contributed by atoms with Crippen molar-refractivity contribution in [3.05, 3.63) is 48.3 Å². The lowest BCUT2D eigenvalue weighted by molar-refractivity contribution is -0.114. The van der Waals surface area contributed by atoms with Crippen LogP contribution < -0.4 is 16.0 Å². The third kappa shape index (κ3) is 5.10. The van der Waals surface area contributed by atoms with Crippen LogP contribution in [0.1, 0.15) is 31.3 Å². The number of carbonyl (C=O) groups excluding carboxylic acids is 2. The summed E-state index contributed by atoms with van der Waals surface area (Å²) in [6.07, 6.45) is 1.63. The zero-order valence-electron chi connectivity index (χ0n) is 13.4. The van der Waals surface area contributed by atoms with Crippen LogP contribution in [-0.2, 0) is 4.79 Å². The number of hydrogen-bond donors (Lipinski definition) is 3. The average Bonchev–Trinajstić information content (AvgIpc) is 2.47. The van der Waals surface area contributed by atoms with Crippen LogP contribution in [0.2, 0.25) is 0 Å². The molecular weight excluding hydrogens is 292 g/mol. The minimum atomic E-state index is -0.305. The van der Waals surface area contributed by atoms with Crippen molar-refractivity contribution >= 4 is 28.9 Å². The summed E-state index contributed by atoms with van der Waals surface area (Å²) in [5.41, 5.74) is 2.40. The van der Waals surface area contributed by atoms with Crippen LogP contribution in [0.25, 0.3) is 0 Å². The number of benzene rings is 1. The van der Waals surface area contributed by atoms with Gasteiger partial charge >= 0.3 is 0 Å². The molecular formula is C17H20N4O2. The van der Waals surface area contributed by atoms with E-state index in [0.717, 1.165) is 5.69 Å². The zero-order chi connectivity index (χ0) is 16.8. The molecule has 23 heavy (non-hydrogen) atoms. The Balaban J connectivity index is 2.05. The second-order valence-corrected chi connectivity index (χ2v) is 5.45. The zero-order valence-corrected chi connectivity index (χ0v) is 13.4. The Labute approximate surface area is 135 Å². The van der Waals surface area contributed by atoms with Gasteiger partial charge in [0.1, 0.15) is 5.69 Å². The van der Waals surface area contributed by atoms with Gasteiger partial charge in [0.2, 0.25) is 5.91 Å². The van der Waals surface area contributed by atoms with Crippen molar-refractivity contribution in [2.45, 2.75) is 26.8 Å². The normalized spacial score (nSPS) is 10.3. The fourth-order valence-corrected chi connectivity index (χ4v) is 2.02. The van der Waals surface area contributed by atoms with Crippen molar-refractivity contribution in [1.29, 1.82) is 0 Å². The fraction of sp³-hybridized carbons (Fsp3) is 0.235. The van der Waals surface area contributed by atoms with E-state index in [0.29, 0.717) is 23.1 Å². The molecule has 1 aromatic heterocycles. The molecule has 0 atom stereocenters. The first-order chi connectivity index (χ1) is 10.9. The monoisotopic (exact) mass is 312 g/mol. The third-order valence-electron chi connectivity index (χ3n) is 2.89. The first-order valence-electron chi connectivity index (χ1n) is 7.35. The molecule has 2 amide bonds. The maximum absolute atomic E-state index is 12.2. The van der Waals surface area contributed by atoms with E-state index < -0.39 is 0 Å². The van der Waals surface area contributed by atoms with Crippen LogP contribution in [0.4, 0.5) is 17.1 Å². The van der Waals surface area contributed by atoms with Gasteiger partial charge in [-0.15, -0.1) is 0 Å². The Hall–Kier alpha value is -2.89. The van der Waals surface area contributed by atoms with E-state index >= 15 is 0 Å². The maximum atomic E-state index is 12.2. The van der Waals surface area contributed by atoms with Crippen molar-refractivity contribution in [2.75, 3.05) is 16.0 Å². The molecule has 0 radical (unpaired) electrons. The van der Waals surface area contributed by atoms with E-state index in [-0.39, 0.29) is 11.8 Å². The second-order valence-electron chi connectivity index (χ2n) is 5.45. The Morgan fingerprint density at radius 1 is 1.00 bits per heavy atom. The van der Waals surface area contributed by atoms with Crippen molar-refractivity contribution in [3.8, 4) is 0 Å². The van der Waals surface area contributed by atoms with Gasteiger partial charge < -0.3 is 16.0 Å². The van der Waals surface area contributed by atoms with Crippen molar-refractivity contribution in [3.63, 3.8) is 0 Å². The average molecular weight is 312 g/mol. The second kappa shape index (κ2) is 7.40. The molecule has 1 aromatic carbocycles. The molecule has 0 aliphatic carbocycles. The summed E-state index contributed by atoms with van der Waals surface area (Å²) in [5, 5.41) is 8.64. The summed E-state index contributed by atoms with van der Waals surface area (Å²) in [6.45, 7) is 5.49. The SMILES string of the molecule is CC(=O)Nc1cccc(NC(=O)c2ccc(NC(C)C)cn2)c1. The van der Waals surface area contributed by atoms with Gasteiger partial charge in [-0.3, -0.25) is 9.59 Å². The molecule has 2 aromatic rings. The third-order valence-corrected chi connectivity index (χ3v) is 2.89. The summed E-state index contributed by atoms with van der Waals surface area (Å²) in [4.78, 5) is 27.4. The molecule has 0 aliphatic rings. The Bertz CT molecular complexity index is 696. The minimum absolute atomic E-state index is 0.164. The van der Waals surface area contributed by atoms with Crippen molar-refractivity contribution < 1.29 is 9.59 Å². The lowest BCUT2D eigenvalue weighted by Crippen LogP contribution is -2.15. The highest BCUT2D eigenvalue weighted by Crippen LogP contribution is 2.16. The molecule has 1 heterocycles. The number of anilines is 3. The number of aromatic nitrogens is 1. The first-order valence-corrected chi connectivity index (χ1v) is 7.35. The summed E-state index contributed by atoms with van der Waals surface area (Å²) >= 11 is 0. The Kier molecular flexibility index (Phi) is 5.30. The molecule has 0 fully saturated rings. The number of nitrogens with one attached hydrogen (secondary N) is 3. The smallest absolute Gasteiger partial charge is 0.274 e. The van der Waals surface area contributed by atoms with Gasteiger partial charge in [0.25, 0.3) is 5.91 Å². The molecule has 6 heteroatoms. The molecule has 0 saturated carbocycles. The highest BCUT2D eigenvalue weighted by molar-refractivity contribution is 6.03. The molecule has 0 spiro atoms. The van der Waals surface area contributed by atoms with Crippen LogP contribution in [-0.4, -0.2) is 22.8 Å². The first kappa shape index (κ1) is 16.5. The van der Waals surface area contributed by atoms with Crippen LogP contribution >= 0.6 is 0 Å². The molecule has 2 rings (SSSR count). The summed E-state index contributed by atoms with van der Waals surface area (Å²) in [6, 6.07) is 10.7. The molecule has 120 valence electrons. The molecule has 0 unspecified atom stereocenters. The lowest BCUT2D eigenvalue weighted by atomic mass is 10.2. The molecule has 6 nitrogen and oxygen atoms in total. The van der Waals surface area contributed by atoms with Crippen molar-refractivity contribution in [2.24, 2.45) is 0 Å². The van der Waals surface area contributed by atoms with Gasteiger partial charge in [0.05, 0.1) is 11.9 Å². The van der Waals surface area contributed by atoms with E-state index in [2.05, 4.69) is 20.9 Å². The minimum Gasteiger partial charge on any atom is -0.382 e. The molecule has 0 saturated heterocycles. The summed E-state index contributed by atoms with van der Waals surface area (Å²) in [7, 11) is 0. The number of hydrogen-bond acceptors (Lipinski definition) is 4. The topological polar surface area (TPSA) is 83.1 Å². The van der Waals surface area contributed by atoms with Crippen LogP contribution in [0.5, 0.6) is 0 Å².